The zero-order valence-corrected chi connectivity index (χ0v) is 14.1. The van der Waals surface area contributed by atoms with E-state index in [1.165, 1.54) is 32.1 Å². The number of hydrogen-bond donors (Lipinski definition) is 5. The van der Waals surface area contributed by atoms with E-state index in [2.05, 4.69) is 6.92 Å². The number of Topliss-reactive ketones (excluding diaryl/α,β-unsaturated/α-hetero) is 1. The minimum atomic E-state index is -1.88. The molecule has 0 saturated carbocycles. The van der Waals surface area contributed by atoms with Gasteiger partial charge >= 0.3 is 0 Å². The third-order valence-corrected chi connectivity index (χ3v) is 3.75. The van der Waals surface area contributed by atoms with E-state index in [9.17, 15) is 15.0 Å². The Morgan fingerprint density at radius 2 is 1.48 bits per heavy atom. The Morgan fingerprint density at radius 1 is 0.957 bits per heavy atom. The number of hydrogen-bond acceptors (Lipinski definition) is 7. The first-order valence-electron chi connectivity index (χ1n) is 8.51. The lowest BCUT2D eigenvalue weighted by Crippen LogP contribution is -2.50. The molecule has 0 saturated heterocycles. The van der Waals surface area contributed by atoms with Crippen LogP contribution in [0.15, 0.2) is 0 Å². The smallest absolute Gasteiger partial charge is 0.196 e. The highest BCUT2D eigenvalue weighted by Gasteiger charge is 2.33. The fourth-order valence-electron chi connectivity index (χ4n) is 2.17. The van der Waals surface area contributed by atoms with E-state index >= 15 is 0 Å². The van der Waals surface area contributed by atoms with Crippen molar-refractivity contribution in [1.29, 1.82) is 0 Å². The SMILES string of the molecule is CCCCCCCCCCOC(N)[C@H](O)C(=O)[C@H](O)[C@H](O)CO. The van der Waals surface area contributed by atoms with Crippen LogP contribution in [0.25, 0.3) is 0 Å². The van der Waals surface area contributed by atoms with Gasteiger partial charge in [-0.05, 0) is 6.42 Å². The van der Waals surface area contributed by atoms with Gasteiger partial charge in [-0.15, -0.1) is 0 Å². The lowest BCUT2D eigenvalue weighted by Gasteiger charge is -2.22. The highest BCUT2D eigenvalue weighted by Crippen LogP contribution is 2.09. The Hall–Kier alpha value is -0.570. The third-order valence-electron chi connectivity index (χ3n) is 3.75. The van der Waals surface area contributed by atoms with Crippen LogP contribution in [0.5, 0.6) is 0 Å². The van der Waals surface area contributed by atoms with E-state index in [0.717, 1.165) is 19.3 Å². The van der Waals surface area contributed by atoms with Crippen LogP contribution in [0.3, 0.4) is 0 Å². The molecule has 7 heteroatoms. The van der Waals surface area contributed by atoms with Gasteiger partial charge in [0.05, 0.1) is 6.61 Å². The summed E-state index contributed by atoms with van der Waals surface area (Å²) in [4.78, 5) is 11.6. The summed E-state index contributed by atoms with van der Waals surface area (Å²) in [5.41, 5.74) is 5.54. The van der Waals surface area contributed by atoms with Crippen molar-refractivity contribution in [3.05, 3.63) is 0 Å². The second-order valence-corrected chi connectivity index (χ2v) is 5.85. The molecule has 1 unspecified atom stereocenters. The second-order valence-electron chi connectivity index (χ2n) is 5.85. The summed E-state index contributed by atoms with van der Waals surface area (Å²) >= 11 is 0. The molecule has 6 N–H and O–H groups in total. The highest BCUT2D eigenvalue weighted by molar-refractivity contribution is 5.87. The molecule has 0 aliphatic rings. The Morgan fingerprint density at radius 3 is 2.00 bits per heavy atom. The normalized spacial score (nSPS) is 16.8. The van der Waals surface area contributed by atoms with E-state index < -0.39 is 36.9 Å². The summed E-state index contributed by atoms with van der Waals surface area (Å²) in [7, 11) is 0. The van der Waals surface area contributed by atoms with Crippen LogP contribution in [0.1, 0.15) is 58.3 Å². The maximum Gasteiger partial charge on any atom is 0.196 e. The molecule has 0 aliphatic heterocycles. The third kappa shape index (κ3) is 10.0. The van der Waals surface area contributed by atoms with Crippen molar-refractivity contribution in [3.63, 3.8) is 0 Å². The average Bonchev–Trinajstić information content (AvgIpc) is 2.57. The lowest BCUT2D eigenvalue weighted by atomic mass is 10.0. The Labute approximate surface area is 138 Å². The number of carbonyl (C=O) groups is 1. The molecule has 0 aromatic heterocycles. The van der Waals surface area contributed by atoms with E-state index in [0.29, 0.717) is 6.61 Å². The Kier molecular flexibility index (Phi) is 13.5. The number of ketones is 1. The van der Waals surface area contributed by atoms with Crippen molar-refractivity contribution in [2.75, 3.05) is 13.2 Å². The molecule has 0 aromatic rings. The molecule has 4 atom stereocenters. The summed E-state index contributed by atoms with van der Waals surface area (Å²) in [5, 5.41) is 36.9. The van der Waals surface area contributed by atoms with Crippen molar-refractivity contribution in [3.8, 4) is 0 Å². The Balaban J connectivity index is 3.76. The molecule has 0 heterocycles. The second kappa shape index (κ2) is 13.8. The summed E-state index contributed by atoms with van der Waals surface area (Å²) in [6, 6.07) is 0. The lowest BCUT2D eigenvalue weighted by molar-refractivity contribution is -0.151. The largest absolute Gasteiger partial charge is 0.394 e. The predicted octanol–water partition coefficient (Wildman–Crippen LogP) is 0.0726. The number of rotatable bonds is 15. The van der Waals surface area contributed by atoms with Crippen LogP contribution in [0.4, 0.5) is 0 Å². The van der Waals surface area contributed by atoms with E-state index in [1.807, 2.05) is 0 Å². The molecule has 0 bridgehead atoms. The predicted molar refractivity (Wildman–Crippen MR) is 86.7 cm³/mol. The summed E-state index contributed by atoms with van der Waals surface area (Å²) in [5.74, 6) is -1.06. The molecule has 0 fully saturated rings. The first-order chi connectivity index (χ1) is 11.0. The van der Waals surface area contributed by atoms with Crippen molar-refractivity contribution in [1.82, 2.24) is 0 Å². The van der Waals surface area contributed by atoms with Crippen LogP contribution in [-0.4, -0.2) is 64.0 Å². The standard InChI is InChI=1S/C16H33NO6/c1-2-3-4-5-6-7-8-9-10-23-16(17)15(22)14(21)13(20)12(19)11-18/h12-13,15-16,18-20,22H,2-11,17H2,1H3/t12-,13-,15-,16?/m1/s1. The maximum absolute atomic E-state index is 11.6. The fraction of sp³-hybridized carbons (Fsp3) is 0.938. The molecular formula is C16H33NO6. The number of aliphatic hydroxyl groups is 4. The number of ether oxygens (including phenoxy) is 1. The molecule has 0 amide bonds. The average molecular weight is 335 g/mol. The number of carbonyl (C=O) groups excluding carboxylic acids is 1. The van der Waals surface area contributed by atoms with Crippen LogP contribution < -0.4 is 5.73 Å². The summed E-state index contributed by atoms with van der Waals surface area (Å²) in [6.45, 7) is 1.72. The molecule has 0 radical (unpaired) electrons. The van der Waals surface area contributed by atoms with Crippen LogP contribution in [-0.2, 0) is 9.53 Å². The molecule has 23 heavy (non-hydrogen) atoms. The number of aliphatic hydroxyl groups excluding tert-OH is 4. The van der Waals surface area contributed by atoms with Crippen LogP contribution in [0, 0.1) is 0 Å². The molecule has 138 valence electrons. The molecule has 0 aromatic carbocycles. The van der Waals surface area contributed by atoms with Gasteiger partial charge in [0, 0.05) is 6.61 Å². The number of nitrogens with two attached hydrogens (primary N) is 1. The minimum absolute atomic E-state index is 0.319. The minimum Gasteiger partial charge on any atom is -0.394 e. The van der Waals surface area contributed by atoms with Gasteiger partial charge in [-0.25, -0.2) is 0 Å². The van der Waals surface area contributed by atoms with Gasteiger partial charge in [-0.2, -0.15) is 0 Å². The highest BCUT2D eigenvalue weighted by atomic mass is 16.5. The van der Waals surface area contributed by atoms with Gasteiger partial charge in [0.25, 0.3) is 0 Å². The van der Waals surface area contributed by atoms with E-state index in [-0.39, 0.29) is 0 Å². The van der Waals surface area contributed by atoms with E-state index in [4.69, 9.17) is 20.7 Å². The monoisotopic (exact) mass is 335 g/mol. The van der Waals surface area contributed by atoms with Crippen molar-refractivity contribution in [2.24, 2.45) is 5.73 Å². The topological polar surface area (TPSA) is 133 Å². The molecule has 0 aliphatic carbocycles. The van der Waals surface area contributed by atoms with E-state index in [1.54, 1.807) is 0 Å². The number of unbranched alkanes of at least 4 members (excludes halogenated alkanes) is 7. The maximum atomic E-state index is 11.6. The van der Waals surface area contributed by atoms with Gasteiger partial charge < -0.3 is 30.9 Å². The van der Waals surface area contributed by atoms with Gasteiger partial charge in [0.15, 0.2) is 11.9 Å². The molecule has 7 nitrogen and oxygen atoms in total. The first-order valence-corrected chi connectivity index (χ1v) is 8.51. The van der Waals surface area contributed by atoms with Gasteiger partial charge in [0.1, 0.15) is 18.4 Å². The van der Waals surface area contributed by atoms with Crippen molar-refractivity contribution >= 4 is 5.78 Å². The Bertz CT molecular complexity index is 302. The summed E-state index contributed by atoms with van der Waals surface area (Å²) < 4.78 is 5.19. The zero-order valence-electron chi connectivity index (χ0n) is 14.1. The zero-order chi connectivity index (χ0) is 17.7. The van der Waals surface area contributed by atoms with Crippen LogP contribution >= 0.6 is 0 Å². The first kappa shape index (κ1) is 22.4. The van der Waals surface area contributed by atoms with Crippen molar-refractivity contribution in [2.45, 2.75) is 82.8 Å². The van der Waals surface area contributed by atoms with Gasteiger partial charge in [0.2, 0.25) is 0 Å². The molecule has 0 rings (SSSR count). The summed E-state index contributed by atoms with van der Waals surface area (Å²) in [6.07, 6.45) is 2.60. The van der Waals surface area contributed by atoms with Crippen LogP contribution in [0.2, 0.25) is 0 Å². The van der Waals surface area contributed by atoms with Gasteiger partial charge in [-0.1, -0.05) is 51.9 Å². The van der Waals surface area contributed by atoms with Gasteiger partial charge in [-0.3, -0.25) is 4.79 Å². The molecule has 0 spiro atoms. The quantitative estimate of drug-likeness (QED) is 0.211. The van der Waals surface area contributed by atoms with Crippen molar-refractivity contribution < 1.29 is 30.0 Å². The molecular weight excluding hydrogens is 302 g/mol. The fourth-order valence-corrected chi connectivity index (χ4v) is 2.17.